The molecule has 0 fully saturated rings. The molecule has 9 heteroatoms. The summed E-state index contributed by atoms with van der Waals surface area (Å²) in [5.74, 6) is 1.89. The second kappa shape index (κ2) is 8.56. The summed E-state index contributed by atoms with van der Waals surface area (Å²) >= 11 is 0. The molecular weight excluding hydrogens is 385 g/mol. The first-order valence-electron chi connectivity index (χ1n) is 9.57. The van der Waals surface area contributed by atoms with Crippen molar-refractivity contribution >= 4 is 5.65 Å². The van der Waals surface area contributed by atoms with Gasteiger partial charge in [0.1, 0.15) is 18.8 Å². The number of aryl methyl sites for hydroxylation is 3. The van der Waals surface area contributed by atoms with Crippen LogP contribution in [-0.2, 0) is 19.1 Å². The van der Waals surface area contributed by atoms with Crippen LogP contribution in [0.1, 0.15) is 43.5 Å². The number of aromatic nitrogens is 7. The summed E-state index contributed by atoms with van der Waals surface area (Å²) < 4.78 is 21.6. The molecule has 0 bridgehead atoms. The van der Waals surface area contributed by atoms with E-state index in [1.807, 2.05) is 26.1 Å². The van der Waals surface area contributed by atoms with Gasteiger partial charge in [0.05, 0.1) is 0 Å². The lowest BCUT2D eigenvalue weighted by atomic mass is 9.88. The van der Waals surface area contributed by atoms with Crippen molar-refractivity contribution in [3.05, 3.63) is 65.3 Å². The molecule has 0 aliphatic rings. The predicted octanol–water partition coefficient (Wildman–Crippen LogP) is 3.57. The molecule has 0 N–H and O–H groups in total. The second-order valence-corrected chi connectivity index (χ2v) is 7.97. The zero-order valence-corrected chi connectivity index (χ0v) is 18.1. The van der Waals surface area contributed by atoms with Gasteiger partial charge in [-0.2, -0.15) is 9.61 Å². The molecule has 1 aromatic carbocycles. The van der Waals surface area contributed by atoms with Gasteiger partial charge in [-0.25, -0.2) is 9.37 Å². The molecule has 0 saturated carbocycles. The van der Waals surface area contributed by atoms with E-state index in [9.17, 15) is 4.39 Å². The Morgan fingerprint density at radius 2 is 1.83 bits per heavy atom. The normalized spacial score (nSPS) is 11.3. The monoisotopic (exact) mass is 411 g/mol. The summed E-state index contributed by atoms with van der Waals surface area (Å²) in [4.78, 5) is 4.16. The highest BCUT2D eigenvalue weighted by atomic mass is 19.1. The Morgan fingerprint density at radius 1 is 1.10 bits per heavy atom. The van der Waals surface area contributed by atoms with Gasteiger partial charge in [0.2, 0.25) is 5.88 Å². The first kappa shape index (κ1) is 21.4. The Balaban J connectivity index is 0.000000269. The van der Waals surface area contributed by atoms with Crippen molar-refractivity contribution in [2.75, 3.05) is 0 Å². The molecule has 4 rings (SSSR count). The fourth-order valence-corrected chi connectivity index (χ4v) is 2.70. The van der Waals surface area contributed by atoms with Crippen LogP contribution in [0.5, 0.6) is 5.88 Å². The second-order valence-electron chi connectivity index (χ2n) is 7.97. The minimum Gasteiger partial charge on any atom is -0.468 e. The molecule has 0 unspecified atom stereocenters. The Labute approximate surface area is 174 Å². The fraction of sp³-hybridized carbons (Fsp3) is 0.381. The summed E-state index contributed by atoms with van der Waals surface area (Å²) in [5.41, 5.74) is 2.28. The summed E-state index contributed by atoms with van der Waals surface area (Å²) in [7, 11) is 1.83. The Hall–Kier alpha value is -3.36. The molecule has 3 heterocycles. The molecule has 0 saturated heterocycles. The smallest absolute Gasteiger partial charge is 0.236 e. The van der Waals surface area contributed by atoms with Crippen LogP contribution >= 0.6 is 0 Å². The van der Waals surface area contributed by atoms with Crippen LogP contribution in [-0.4, -0.2) is 34.6 Å². The van der Waals surface area contributed by atoms with E-state index in [0.29, 0.717) is 23.7 Å². The van der Waals surface area contributed by atoms with Crippen molar-refractivity contribution in [1.29, 1.82) is 0 Å². The van der Waals surface area contributed by atoms with Crippen molar-refractivity contribution in [2.45, 2.75) is 46.6 Å². The van der Waals surface area contributed by atoms with E-state index in [-0.39, 0.29) is 11.2 Å². The average Bonchev–Trinajstić information content (AvgIpc) is 3.27. The number of hydrogen-bond donors (Lipinski definition) is 0. The maximum Gasteiger partial charge on any atom is 0.236 e. The van der Waals surface area contributed by atoms with Crippen molar-refractivity contribution in [3.8, 4) is 5.88 Å². The summed E-state index contributed by atoms with van der Waals surface area (Å²) in [6.45, 7) is 10.2. The lowest BCUT2D eigenvalue weighted by Gasteiger charge is -2.21. The molecule has 0 amide bonds. The molecule has 158 valence electrons. The molecule has 0 aliphatic carbocycles. The van der Waals surface area contributed by atoms with Crippen LogP contribution in [0.15, 0.2) is 36.7 Å². The molecule has 4 aromatic rings. The van der Waals surface area contributed by atoms with Gasteiger partial charge in [-0.05, 0) is 37.0 Å². The van der Waals surface area contributed by atoms with E-state index in [1.54, 1.807) is 28.3 Å². The quantitative estimate of drug-likeness (QED) is 0.513. The number of halogens is 1. The van der Waals surface area contributed by atoms with Crippen molar-refractivity contribution in [2.24, 2.45) is 7.05 Å². The van der Waals surface area contributed by atoms with Crippen LogP contribution in [0.4, 0.5) is 4.39 Å². The van der Waals surface area contributed by atoms with Gasteiger partial charge in [-0.3, -0.25) is 4.68 Å². The van der Waals surface area contributed by atoms with E-state index >= 15 is 0 Å². The zero-order chi connectivity index (χ0) is 21.9. The lowest BCUT2D eigenvalue weighted by molar-refractivity contribution is 0.266. The van der Waals surface area contributed by atoms with Gasteiger partial charge >= 0.3 is 0 Å². The third-order valence-electron chi connectivity index (χ3n) is 4.54. The maximum atomic E-state index is 12.3. The third kappa shape index (κ3) is 4.79. The first-order valence-corrected chi connectivity index (χ1v) is 9.57. The molecule has 0 radical (unpaired) electrons. The topological polar surface area (TPSA) is 83.0 Å². The van der Waals surface area contributed by atoms with E-state index in [0.717, 1.165) is 17.2 Å². The number of ether oxygens (including phenoxy) is 1. The number of fused-ring (bicyclic) bond motifs is 1. The summed E-state index contributed by atoms with van der Waals surface area (Å²) in [6.07, 6.45) is 1.50. The first-order chi connectivity index (χ1) is 14.2. The summed E-state index contributed by atoms with van der Waals surface area (Å²) in [6, 6.07) is 8.67. The van der Waals surface area contributed by atoms with Gasteiger partial charge in [-0.15, -0.1) is 15.3 Å². The van der Waals surface area contributed by atoms with E-state index < -0.39 is 0 Å². The van der Waals surface area contributed by atoms with Crippen LogP contribution in [0.25, 0.3) is 5.65 Å². The lowest BCUT2D eigenvalue weighted by Crippen LogP contribution is -2.17. The van der Waals surface area contributed by atoms with Crippen LogP contribution in [0, 0.1) is 19.7 Å². The van der Waals surface area contributed by atoms with Gasteiger partial charge in [-0.1, -0.05) is 39.0 Å². The highest BCUT2D eigenvalue weighted by Gasteiger charge is 2.23. The number of rotatable bonds is 3. The highest BCUT2D eigenvalue weighted by Crippen LogP contribution is 2.30. The van der Waals surface area contributed by atoms with Crippen molar-refractivity contribution in [3.63, 3.8) is 0 Å². The molecule has 8 nitrogen and oxygen atoms in total. The molecule has 3 aromatic heterocycles. The summed E-state index contributed by atoms with van der Waals surface area (Å²) in [5, 5.41) is 16.8. The molecule has 0 atom stereocenters. The van der Waals surface area contributed by atoms with E-state index in [2.05, 4.69) is 46.1 Å². The van der Waals surface area contributed by atoms with Gasteiger partial charge in [0, 0.05) is 12.6 Å². The number of hydrogen-bond acceptors (Lipinski definition) is 6. The maximum absolute atomic E-state index is 12.3. The Bertz CT molecular complexity index is 1120. The van der Waals surface area contributed by atoms with E-state index in [4.69, 9.17) is 4.74 Å². The Kier molecular flexibility index (Phi) is 6.09. The molecule has 0 spiro atoms. The van der Waals surface area contributed by atoms with Crippen LogP contribution in [0.3, 0.4) is 0 Å². The van der Waals surface area contributed by atoms with Gasteiger partial charge in [0.25, 0.3) is 0 Å². The van der Waals surface area contributed by atoms with Crippen LogP contribution in [0.2, 0.25) is 0 Å². The fourth-order valence-electron chi connectivity index (χ4n) is 2.70. The minimum absolute atomic E-state index is 0.121. The van der Waals surface area contributed by atoms with Crippen LogP contribution < -0.4 is 4.74 Å². The largest absolute Gasteiger partial charge is 0.468 e. The van der Waals surface area contributed by atoms with Crippen molar-refractivity contribution < 1.29 is 9.13 Å². The van der Waals surface area contributed by atoms with Gasteiger partial charge < -0.3 is 4.74 Å². The SMILES string of the molecule is Cc1ccccc1F.Cc1nnc2cc(C(C)(C)C)c(OCc3ncnn3C)nn12. The number of nitrogens with zero attached hydrogens (tertiary/aromatic N) is 7. The van der Waals surface area contributed by atoms with E-state index in [1.165, 1.54) is 12.4 Å². The highest BCUT2D eigenvalue weighted by molar-refractivity contribution is 5.46. The average molecular weight is 411 g/mol. The van der Waals surface area contributed by atoms with Gasteiger partial charge in [0.15, 0.2) is 17.3 Å². The standard InChI is InChI=1S/C14H19N7O.C7H7F/c1-9-17-18-11-6-10(14(2,3)4)13(19-21(9)11)22-7-12-15-8-16-20(12)5;1-6-4-2-3-5-7(6)8/h6,8H,7H2,1-5H3;2-5H,1H3. The minimum atomic E-state index is -0.132. The Morgan fingerprint density at radius 3 is 2.40 bits per heavy atom. The molecular formula is C21H26FN7O. The molecule has 0 aliphatic heterocycles. The zero-order valence-electron chi connectivity index (χ0n) is 18.1. The predicted molar refractivity (Wildman–Crippen MR) is 111 cm³/mol. The van der Waals surface area contributed by atoms with Crippen molar-refractivity contribution in [1.82, 2.24) is 34.6 Å². The number of benzene rings is 1. The third-order valence-corrected chi connectivity index (χ3v) is 4.54. The molecule has 30 heavy (non-hydrogen) atoms.